The molecule has 4 amide bonds. The van der Waals surface area contributed by atoms with Crippen LogP contribution in [0.25, 0.3) is 11.1 Å². The Morgan fingerprint density at radius 3 is 2.00 bits per heavy atom. The van der Waals surface area contributed by atoms with Crippen LogP contribution in [0.5, 0.6) is 0 Å². The molecule has 0 spiro atoms. The molecule has 10 heteroatoms. The number of urea groups is 1. The summed E-state index contributed by atoms with van der Waals surface area (Å²) >= 11 is 0. The van der Waals surface area contributed by atoms with Crippen LogP contribution >= 0.6 is 0 Å². The Morgan fingerprint density at radius 1 is 0.974 bits per heavy atom. The average Bonchev–Trinajstić information content (AvgIpc) is 2.88. The molecule has 1 unspecified atom stereocenters. The fourth-order valence-electron chi connectivity index (χ4n) is 4.58. The maximum absolute atomic E-state index is 13.3. The minimum absolute atomic E-state index is 0.0365. The molecule has 1 aliphatic carbocycles. The van der Waals surface area contributed by atoms with Gasteiger partial charge in [-0.2, -0.15) is 0 Å². The molecule has 3 rings (SSSR count). The Hall–Kier alpha value is -3.40. The molecule has 2 aromatic carbocycles. The molecule has 0 aromatic heterocycles. The van der Waals surface area contributed by atoms with Crippen LogP contribution in [0.2, 0.25) is 0 Å². The highest BCUT2D eigenvalue weighted by atomic mass is 32.2. The van der Waals surface area contributed by atoms with Gasteiger partial charge in [0.1, 0.15) is 11.6 Å². The van der Waals surface area contributed by atoms with E-state index in [4.69, 9.17) is 10.5 Å². The number of ether oxygens (including phenoxy) is 1. The number of primary amides is 1. The zero-order valence-electron chi connectivity index (χ0n) is 23.1. The van der Waals surface area contributed by atoms with Gasteiger partial charge in [0.15, 0.2) is 9.84 Å². The lowest BCUT2D eigenvalue weighted by molar-refractivity contribution is -0.119. The second-order valence-corrected chi connectivity index (χ2v) is 13.2. The van der Waals surface area contributed by atoms with Gasteiger partial charge in [-0.3, -0.25) is 4.79 Å². The number of carbonyl (C=O) groups excluding carboxylic acids is 3. The van der Waals surface area contributed by atoms with Gasteiger partial charge in [0.05, 0.1) is 10.6 Å². The van der Waals surface area contributed by atoms with Crippen LogP contribution in [0.3, 0.4) is 0 Å². The van der Waals surface area contributed by atoms with E-state index in [9.17, 15) is 22.8 Å². The molecule has 0 bridgehead atoms. The van der Waals surface area contributed by atoms with Gasteiger partial charge < -0.3 is 15.8 Å². The number of amides is 4. The molecule has 1 atom stereocenters. The normalized spacial score (nSPS) is 15.3. The van der Waals surface area contributed by atoms with E-state index in [1.165, 1.54) is 0 Å². The van der Waals surface area contributed by atoms with Crippen LogP contribution in [0.4, 0.5) is 9.59 Å². The Morgan fingerprint density at radius 2 is 1.51 bits per heavy atom. The van der Waals surface area contributed by atoms with Gasteiger partial charge in [-0.25, -0.2) is 22.9 Å². The Balaban J connectivity index is 1.73. The van der Waals surface area contributed by atoms with Crippen LogP contribution in [0.15, 0.2) is 53.4 Å². The van der Waals surface area contributed by atoms with Crippen molar-refractivity contribution in [2.45, 2.75) is 88.8 Å². The number of hydrogen-bond donors (Lipinski definition) is 2. The molecule has 0 saturated heterocycles. The summed E-state index contributed by atoms with van der Waals surface area (Å²) in [6.07, 6.45) is 3.61. The molecular weight excluding hydrogens is 518 g/mol. The number of benzene rings is 2. The van der Waals surface area contributed by atoms with Gasteiger partial charge in [0, 0.05) is 12.5 Å². The lowest BCUT2D eigenvalue weighted by Gasteiger charge is -2.34. The average molecular weight is 558 g/mol. The molecule has 0 heterocycles. The Labute approximate surface area is 231 Å². The fourth-order valence-corrected chi connectivity index (χ4v) is 5.46. The number of hydrogen-bond acceptors (Lipinski definition) is 6. The molecule has 0 radical (unpaired) electrons. The highest BCUT2D eigenvalue weighted by Crippen LogP contribution is 2.25. The van der Waals surface area contributed by atoms with Crippen molar-refractivity contribution in [3.8, 4) is 11.1 Å². The number of nitrogens with one attached hydrogen (secondary N) is 1. The first-order chi connectivity index (χ1) is 18.3. The summed E-state index contributed by atoms with van der Waals surface area (Å²) in [6.45, 7) is 6.81. The van der Waals surface area contributed by atoms with E-state index >= 15 is 0 Å². The van der Waals surface area contributed by atoms with Crippen LogP contribution in [0, 0.1) is 0 Å². The zero-order valence-corrected chi connectivity index (χ0v) is 23.9. The van der Waals surface area contributed by atoms with E-state index in [0.29, 0.717) is 12.8 Å². The van der Waals surface area contributed by atoms with Crippen LogP contribution in [-0.4, -0.2) is 54.8 Å². The first-order valence-corrected chi connectivity index (χ1v) is 15.0. The molecule has 9 nitrogen and oxygen atoms in total. The van der Waals surface area contributed by atoms with Crippen LogP contribution in [0.1, 0.15) is 65.4 Å². The molecule has 1 aliphatic rings. The number of imide groups is 1. The fraction of sp³-hybridized carbons (Fsp3) is 0.483. The minimum Gasteiger partial charge on any atom is -0.443 e. The summed E-state index contributed by atoms with van der Waals surface area (Å²) in [6, 6.07) is 12.0. The number of rotatable bonds is 8. The largest absolute Gasteiger partial charge is 0.443 e. The summed E-state index contributed by atoms with van der Waals surface area (Å²) in [7, 11) is -3.27. The number of carbonyl (C=O) groups is 3. The smallest absolute Gasteiger partial charge is 0.418 e. The van der Waals surface area contributed by atoms with E-state index < -0.39 is 39.5 Å². The highest BCUT2D eigenvalue weighted by molar-refractivity contribution is 7.91. The van der Waals surface area contributed by atoms with Crippen LogP contribution in [-0.2, 0) is 25.8 Å². The Bertz CT molecular complexity index is 1260. The van der Waals surface area contributed by atoms with Crippen molar-refractivity contribution in [2.24, 2.45) is 5.73 Å². The lowest BCUT2D eigenvalue weighted by atomic mass is 9.94. The molecule has 1 fully saturated rings. The molecule has 212 valence electrons. The van der Waals surface area contributed by atoms with Gasteiger partial charge in [-0.05, 0) is 62.4 Å². The topological polar surface area (TPSA) is 136 Å². The van der Waals surface area contributed by atoms with Gasteiger partial charge in [0.25, 0.3) is 0 Å². The van der Waals surface area contributed by atoms with Crippen molar-refractivity contribution in [3.05, 3.63) is 54.1 Å². The van der Waals surface area contributed by atoms with E-state index in [0.717, 1.165) is 40.9 Å². The van der Waals surface area contributed by atoms with Crippen molar-refractivity contribution < 1.29 is 27.5 Å². The van der Waals surface area contributed by atoms with E-state index in [-0.39, 0.29) is 23.1 Å². The zero-order chi connectivity index (χ0) is 28.8. The predicted molar refractivity (Wildman–Crippen MR) is 150 cm³/mol. The second kappa shape index (κ2) is 12.6. The molecule has 2 aromatic rings. The third-order valence-electron chi connectivity index (χ3n) is 6.71. The van der Waals surface area contributed by atoms with Crippen molar-refractivity contribution in [1.29, 1.82) is 0 Å². The van der Waals surface area contributed by atoms with E-state index in [1.54, 1.807) is 52.0 Å². The summed E-state index contributed by atoms with van der Waals surface area (Å²) in [4.78, 5) is 39.9. The monoisotopic (exact) mass is 557 g/mol. The van der Waals surface area contributed by atoms with Gasteiger partial charge in [0.2, 0.25) is 5.91 Å². The quantitative estimate of drug-likeness (QED) is 0.477. The first kappa shape index (κ1) is 30.1. The summed E-state index contributed by atoms with van der Waals surface area (Å²) in [5, 5.41) is 2.66. The standard InChI is InChI=1S/C29H39N3O6S/c1-5-39(36,37)24-17-15-22(16-18-24)21-13-11-20(12-14-21)19-25(26(30)33)31-27(34)32(23-9-7-6-8-10-23)28(35)38-29(2,3)4/h11-18,23,25H,5-10,19H2,1-4H3,(H2,30,33)(H,31,34). The van der Waals surface area contributed by atoms with Crippen molar-refractivity contribution in [3.63, 3.8) is 0 Å². The maximum Gasteiger partial charge on any atom is 0.418 e. The Kier molecular flexibility index (Phi) is 9.77. The number of sulfone groups is 1. The molecule has 0 aliphatic heterocycles. The molecular formula is C29H39N3O6S. The minimum atomic E-state index is -3.27. The molecule has 3 N–H and O–H groups in total. The first-order valence-electron chi connectivity index (χ1n) is 13.3. The maximum atomic E-state index is 13.3. The highest BCUT2D eigenvalue weighted by Gasteiger charge is 2.35. The third kappa shape index (κ3) is 8.29. The molecule has 1 saturated carbocycles. The second-order valence-electron chi connectivity index (χ2n) is 10.9. The summed E-state index contributed by atoms with van der Waals surface area (Å²) < 4.78 is 29.6. The number of nitrogens with two attached hydrogens (primary N) is 1. The SMILES string of the molecule is CCS(=O)(=O)c1ccc(-c2ccc(CC(NC(=O)N(C(=O)OC(C)(C)C)C3CCCCC3)C(N)=O)cc2)cc1. The van der Waals surface area contributed by atoms with Gasteiger partial charge in [-0.15, -0.1) is 0 Å². The van der Waals surface area contributed by atoms with E-state index in [2.05, 4.69) is 5.32 Å². The van der Waals surface area contributed by atoms with E-state index in [1.807, 2.05) is 24.3 Å². The van der Waals surface area contributed by atoms with Gasteiger partial charge >= 0.3 is 12.1 Å². The summed E-state index contributed by atoms with van der Waals surface area (Å²) in [5.41, 5.74) is 7.33. The number of nitrogens with zero attached hydrogens (tertiary/aromatic N) is 1. The van der Waals surface area contributed by atoms with Crippen molar-refractivity contribution >= 4 is 27.9 Å². The van der Waals surface area contributed by atoms with Crippen molar-refractivity contribution in [1.82, 2.24) is 10.2 Å². The lowest BCUT2D eigenvalue weighted by Crippen LogP contribution is -2.56. The third-order valence-corrected chi connectivity index (χ3v) is 8.46. The predicted octanol–water partition coefficient (Wildman–Crippen LogP) is 4.82. The van der Waals surface area contributed by atoms with Crippen molar-refractivity contribution in [2.75, 3.05) is 5.75 Å². The van der Waals surface area contributed by atoms with Crippen LogP contribution < -0.4 is 11.1 Å². The summed E-state index contributed by atoms with van der Waals surface area (Å²) in [5.74, 6) is -0.678. The van der Waals surface area contributed by atoms with Gasteiger partial charge in [-0.1, -0.05) is 62.6 Å². The molecule has 39 heavy (non-hydrogen) atoms.